The Kier molecular flexibility index (Phi) is 21.9. The molecule has 1 atom stereocenters. The first-order valence-electron chi connectivity index (χ1n) is 15.5. The number of hydrogen-bond acceptors (Lipinski definition) is 16. The summed E-state index contributed by atoms with van der Waals surface area (Å²) in [5, 5.41) is 35.4. The van der Waals surface area contributed by atoms with Gasteiger partial charge in [0.05, 0.1) is 59.4 Å². The third-order valence-corrected chi connectivity index (χ3v) is 7.05. The van der Waals surface area contributed by atoms with Crippen molar-refractivity contribution in [1.82, 2.24) is 25.0 Å². The van der Waals surface area contributed by atoms with Crippen molar-refractivity contribution in [2.45, 2.75) is 32.5 Å². The minimum Gasteiger partial charge on any atom is -0.778 e. The van der Waals surface area contributed by atoms with E-state index in [4.69, 9.17) is 43.2 Å². The number of sulfonamides is 1. The standard InChI is InChI=1S/C15H10ClF3N2O6S.C9H13ClN6.C3H8NO5P.C3H9S/c1-28(25,26)20-14(22)10-7-9(3-4-12(10)21(23)24)27-13-5-2-8(6-11(13)16)15(17,18)19;1-4-12-7-13-6(10)14-8(15-7)16-9(2,3)5-11;5-3(6)1-4-2-10(7,8)9;1-4(2)3/h2-7H,1H3,(H,20,22);4H2,1-3H3,(H2,12,13,14,15,16);4H,1-2H2,(H,5,6)(H2,7,8,9);1-3H3/q;;;+1/p-1. The summed E-state index contributed by atoms with van der Waals surface area (Å²) in [5.74, 6) is -2.18. The molecule has 1 unspecified atom stereocenters. The second kappa shape index (κ2) is 23.8. The van der Waals surface area contributed by atoms with Crippen LogP contribution in [-0.2, 0) is 36.5 Å². The first-order chi connectivity index (χ1) is 26.4. The summed E-state index contributed by atoms with van der Waals surface area (Å²) in [4.78, 5) is 61.8. The van der Waals surface area contributed by atoms with E-state index < -0.39 is 80.8 Å². The highest BCUT2D eigenvalue weighted by atomic mass is 35.5. The highest BCUT2D eigenvalue weighted by Crippen LogP contribution is 2.37. The SMILES string of the molecule is CCNc1nc(Cl)nc(NC(C)(C)C#N)n1.CS(=O)(=O)NC(=O)c1cc(Oc2ccc(C(F)(F)F)cc2Cl)ccc1[N+](=O)[O-].C[S+](C)C.O=C(O)CNCP(=O)([O-])O. The number of aliphatic carboxylic acids is 1. The van der Waals surface area contributed by atoms with Crippen molar-refractivity contribution in [3.8, 4) is 17.6 Å². The lowest BCUT2D eigenvalue weighted by Gasteiger charge is -2.17. The Morgan fingerprint density at radius 1 is 1.09 bits per heavy atom. The quantitative estimate of drug-likeness (QED) is 0.0609. The van der Waals surface area contributed by atoms with Gasteiger partial charge in [0.2, 0.25) is 27.2 Å². The van der Waals surface area contributed by atoms with Crippen LogP contribution >= 0.6 is 30.8 Å². The van der Waals surface area contributed by atoms with Gasteiger partial charge in [0, 0.05) is 18.7 Å². The summed E-state index contributed by atoms with van der Waals surface area (Å²) >= 11 is 11.5. The number of carbonyl (C=O) groups is 2. The summed E-state index contributed by atoms with van der Waals surface area (Å²) in [6.45, 7) is 5.56. The third kappa shape index (κ3) is 23.6. The fourth-order valence-corrected chi connectivity index (χ4v) is 4.51. The van der Waals surface area contributed by atoms with Gasteiger partial charge in [-0.15, -0.1) is 0 Å². The molecule has 1 amide bonds. The second-order valence-corrected chi connectivity index (χ2v) is 18.4. The highest BCUT2D eigenvalue weighted by molar-refractivity contribution is 7.94. The molecule has 6 N–H and O–H groups in total. The summed E-state index contributed by atoms with van der Waals surface area (Å²) < 4.78 is 77.2. The predicted molar refractivity (Wildman–Crippen MR) is 210 cm³/mol. The number of rotatable bonds is 13. The van der Waals surface area contributed by atoms with Crippen LogP contribution in [0.25, 0.3) is 0 Å². The van der Waals surface area contributed by atoms with Gasteiger partial charge in [0.25, 0.3) is 11.6 Å². The molecule has 3 aromatic rings. The number of hydrogen-bond donors (Lipinski definition) is 6. The van der Waals surface area contributed by atoms with Crippen LogP contribution in [0.15, 0.2) is 36.4 Å². The average Bonchev–Trinajstić information content (AvgIpc) is 3.03. The van der Waals surface area contributed by atoms with Crippen LogP contribution in [0.1, 0.15) is 36.7 Å². The summed E-state index contributed by atoms with van der Waals surface area (Å²) in [7, 11) is -7.71. The van der Waals surface area contributed by atoms with Crippen molar-refractivity contribution in [3.63, 3.8) is 0 Å². The van der Waals surface area contributed by atoms with Crippen LogP contribution in [0.2, 0.25) is 10.3 Å². The fraction of sp³-hybridized carbons (Fsp3) is 0.400. The molecule has 0 spiro atoms. The number of alkyl halides is 3. The number of carbonyl (C=O) groups excluding carboxylic acids is 1. The lowest BCUT2D eigenvalue weighted by molar-refractivity contribution is -0.385. The first kappa shape index (κ1) is 53.5. The van der Waals surface area contributed by atoms with E-state index in [1.54, 1.807) is 18.6 Å². The minimum absolute atomic E-state index is 0.0854. The van der Waals surface area contributed by atoms with Crippen LogP contribution in [0.4, 0.5) is 30.8 Å². The first-order valence-corrected chi connectivity index (χ1v) is 22.4. The maximum Gasteiger partial charge on any atom is 0.416 e. The zero-order valence-corrected chi connectivity index (χ0v) is 35.6. The Labute approximate surface area is 343 Å². The van der Waals surface area contributed by atoms with E-state index in [1.807, 2.05) is 12.2 Å². The number of nitro groups is 1. The van der Waals surface area contributed by atoms with Crippen LogP contribution in [0.5, 0.6) is 11.5 Å². The van der Waals surface area contributed by atoms with E-state index in [0.717, 1.165) is 24.3 Å². The van der Waals surface area contributed by atoms with Crippen molar-refractivity contribution in [1.29, 1.82) is 5.26 Å². The summed E-state index contributed by atoms with van der Waals surface area (Å²) in [6.07, 6.45) is 1.94. The van der Waals surface area contributed by atoms with Crippen molar-refractivity contribution in [2.24, 2.45) is 0 Å². The molecule has 3 rings (SSSR count). The molecule has 20 nitrogen and oxygen atoms in total. The number of carboxylic acid groups (broad SMARTS) is 1. The monoisotopic (exact) mass is 923 g/mol. The zero-order chi connectivity index (χ0) is 45.2. The number of anilines is 2. The van der Waals surface area contributed by atoms with Gasteiger partial charge in [-0.25, -0.2) is 13.1 Å². The number of benzene rings is 2. The fourth-order valence-electron chi connectivity index (χ4n) is 3.28. The van der Waals surface area contributed by atoms with Crippen molar-refractivity contribution in [3.05, 3.63) is 67.9 Å². The number of nitro benzene ring substituents is 1. The number of amides is 1. The number of nitrogens with zero attached hydrogens (tertiary/aromatic N) is 5. The number of nitrogens with one attached hydrogen (secondary N) is 4. The van der Waals surface area contributed by atoms with Crippen LogP contribution < -0.4 is 30.3 Å². The average molecular weight is 925 g/mol. The molecule has 0 aliphatic heterocycles. The van der Waals surface area contributed by atoms with E-state index in [0.29, 0.717) is 41.8 Å². The van der Waals surface area contributed by atoms with E-state index >= 15 is 0 Å². The molecule has 0 radical (unpaired) electrons. The normalized spacial score (nSPS) is 12.0. The molecule has 28 heteroatoms. The van der Waals surface area contributed by atoms with Crippen LogP contribution in [-0.4, -0.2) is 100 Å². The molecule has 0 aliphatic rings. The molecule has 322 valence electrons. The molecule has 1 aromatic heterocycles. The number of carboxylic acids is 1. The highest BCUT2D eigenvalue weighted by Gasteiger charge is 2.31. The Morgan fingerprint density at radius 3 is 2.10 bits per heavy atom. The van der Waals surface area contributed by atoms with Gasteiger partial charge >= 0.3 is 12.1 Å². The largest absolute Gasteiger partial charge is 0.778 e. The lowest BCUT2D eigenvalue weighted by Crippen LogP contribution is -2.29. The Hall–Kier alpha value is -4.54. The molecule has 2 aromatic carbocycles. The maximum atomic E-state index is 12.7. The van der Waals surface area contributed by atoms with Gasteiger partial charge in [0.1, 0.15) is 30.2 Å². The molecular formula is C30H39Cl2F3N9O11PS2. The van der Waals surface area contributed by atoms with Gasteiger partial charge in [0.15, 0.2) is 0 Å². The maximum absolute atomic E-state index is 12.7. The molecule has 0 aliphatic carbocycles. The third-order valence-electron chi connectivity index (χ3n) is 5.41. The van der Waals surface area contributed by atoms with E-state index in [1.165, 1.54) is 0 Å². The number of nitriles is 1. The number of halogens is 5. The van der Waals surface area contributed by atoms with Gasteiger partial charge in [-0.2, -0.15) is 33.4 Å². The summed E-state index contributed by atoms with van der Waals surface area (Å²) in [5.41, 5.74) is -3.10. The van der Waals surface area contributed by atoms with E-state index in [-0.39, 0.29) is 22.7 Å². The molecule has 0 fully saturated rings. The van der Waals surface area contributed by atoms with E-state index in [2.05, 4.69) is 50.4 Å². The van der Waals surface area contributed by atoms with Crippen LogP contribution in [0.3, 0.4) is 0 Å². The molecule has 1 heterocycles. The molecule has 0 bridgehead atoms. The topological polar surface area (TPSA) is 312 Å². The molecule has 58 heavy (non-hydrogen) atoms. The lowest BCUT2D eigenvalue weighted by atomic mass is 10.1. The molecular weight excluding hydrogens is 885 g/mol. The number of aromatic nitrogens is 3. The van der Waals surface area contributed by atoms with Gasteiger partial charge < -0.3 is 34.8 Å². The van der Waals surface area contributed by atoms with Crippen molar-refractivity contribution in [2.75, 3.05) is 55.0 Å². The predicted octanol–water partition coefficient (Wildman–Crippen LogP) is 4.08. The molecule has 0 saturated heterocycles. The summed E-state index contributed by atoms with van der Waals surface area (Å²) in [6, 6.07) is 7.18. The van der Waals surface area contributed by atoms with Gasteiger partial charge in [-0.1, -0.05) is 11.6 Å². The smallest absolute Gasteiger partial charge is 0.416 e. The second-order valence-electron chi connectivity index (χ2n) is 11.9. The van der Waals surface area contributed by atoms with E-state index in [9.17, 15) is 50.8 Å². The Balaban J connectivity index is 0.000000907. The van der Waals surface area contributed by atoms with Crippen LogP contribution in [0, 0.1) is 21.4 Å². The van der Waals surface area contributed by atoms with Gasteiger partial charge in [-0.05, 0) is 67.5 Å². The van der Waals surface area contributed by atoms with Gasteiger partial charge in [-0.3, -0.25) is 25.0 Å². The Bertz CT molecular complexity index is 2090. The Morgan fingerprint density at radius 2 is 1.66 bits per heavy atom. The number of ether oxygens (including phenoxy) is 1. The minimum atomic E-state index is -4.62. The molecule has 0 saturated carbocycles. The van der Waals surface area contributed by atoms with Crippen molar-refractivity contribution >= 4 is 81.2 Å². The van der Waals surface area contributed by atoms with Crippen molar-refractivity contribution < 1.29 is 60.3 Å². The zero-order valence-electron chi connectivity index (χ0n) is 31.5.